The zero-order valence-electron chi connectivity index (χ0n) is 12.7. The van der Waals surface area contributed by atoms with E-state index < -0.39 is 17.5 Å². The molecule has 0 bridgehead atoms. The second kappa shape index (κ2) is 4.95. The lowest BCUT2D eigenvalue weighted by molar-refractivity contribution is -0.124. The maximum atomic E-state index is 12.0. The highest BCUT2D eigenvalue weighted by atomic mass is 16.3. The van der Waals surface area contributed by atoms with Crippen LogP contribution in [0.3, 0.4) is 0 Å². The zero-order valence-corrected chi connectivity index (χ0v) is 12.7. The molecule has 8 heteroatoms. The van der Waals surface area contributed by atoms with E-state index >= 15 is 0 Å². The molecule has 0 aromatic carbocycles. The molecule has 2 aliphatic rings. The number of carbonyl (C=O) groups is 2. The quantitative estimate of drug-likeness (QED) is 0.689. The number of rotatable bonds is 2. The van der Waals surface area contributed by atoms with Crippen molar-refractivity contribution in [2.75, 3.05) is 31.1 Å². The smallest absolute Gasteiger partial charge is 0.322 e. The molecule has 2 fully saturated rings. The minimum atomic E-state index is -1.20. The Morgan fingerprint density at radius 3 is 2.74 bits per heavy atom. The number of hydrogen-bond donors (Lipinski definition) is 3. The Labute approximate surface area is 132 Å². The van der Waals surface area contributed by atoms with Crippen molar-refractivity contribution in [3.05, 3.63) is 24.0 Å². The van der Waals surface area contributed by atoms with Crippen LogP contribution in [0.4, 0.5) is 10.6 Å². The number of fused-ring (bicyclic) bond motifs is 1. The average Bonchev–Trinajstić information content (AvgIpc) is 3.09. The van der Waals surface area contributed by atoms with E-state index in [1.807, 2.05) is 12.1 Å². The molecule has 23 heavy (non-hydrogen) atoms. The molecule has 0 radical (unpaired) electrons. The van der Waals surface area contributed by atoms with Crippen LogP contribution < -0.4 is 20.9 Å². The standard InChI is InChI=1S/C15H17N5O3/c1-15(13(21)18-14(22)19-15)11-8-9-10(23-11)2-3-12(17-9)20-6-4-16-5-7-20/h2-3,8,16H,4-7H2,1H3,(H2,18,19,21,22). The first-order chi connectivity index (χ1) is 11.1. The summed E-state index contributed by atoms with van der Waals surface area (Å²) in [6, 6.07) is 4.96. The number of aromatic nitrogens is 1. The van der Waals surface area contributed by atoms with Gasteiger partial charge in [0.2, 0.25) is 0 Å². The second-order valence-electron chi connectivity index (χ2n) is 5.93. The van der Waals surface area contributed by atoms with Gasteiger partial charge in [-0.15, -0.1) is 0 Å². The van der Waals surface area contributed by atoms with E-state index in [0.717, 1.165) is 32.0 Å². The fraction of sp³-hybridized carbons (Fsp3) is 0.400. The first kappa shape index (κ1) is 14.0. The average molecular weight is 315 g/mol. The molecule has 4 heterocycles. The summed E-state index contributed by atoms with van der Waals surface area (Å²) in [5.41, 5.74) is 0.0627. The molecule has 3 N–H and O–H groups in total. The lowest BCUT2D eigenvalue weighted by atomic mass is 10.00. The molecule has 4 rings (SSSR count). The summed E-state index contributed by atoms with van der Waals surface area (Å²) in [7, 11) is 0. The molecular formula is C15H17N5O3. The van der Waals surface area contributed by atoms with Gasteiger partial charge in [0.05, 0.1) is 0 Å². The SMILES string of the molecule is CC1(c2cc3nc(N4CCNCC4)ccc3o2)NC(=O)NC1=O. The van der Waals surface area contributed by atoms with Gasteiger partial charge in [-0.25, -0.2) is 9.78 Å². The number of urea groups is 1. The van der Waals surface area contributed by atoms with Gasteiger partial charge in [-0.1, -0.05) is 0 Å². The summed E-state index contributed by atoms with van der Waals surface area (Å²) < 4.78 is 5.75. The number of furan rings is 1. The third-order valence-electron chi connectivity index (χ3n) is 4.34. The van der Waals surface area contributed by atoms with E-state index in [2.05, 4.69) is 25.8 Å². The molecule has 1 atom stereocenters. The highest BCUT2D eigenvalue weighted by molar-refractivity contribution is 6.07. The summed E-state index contributed by atoms with van der Waals surface area (Å²) in [6.45, 7) is 5.28. The summed E-state index contributed by atoms with van der Waals surface area (Å²) >= 11 is 0. The Balaban J connectivity index is 1.71. The predicted octanol–water partition coefficient (Wildman–Crippen LogP) is 0.292. The van der Waals surface area contributed by atoms with Crippen molar-refractivity contribution in [2.45, 2.75) is 12.5 Å². The van der Waals surface area contributed by atoms with E-state index in [1.54, 1.807) is 13.0 Å². The van der Waals surface area contributed by atoms with Crippen molar-refractivity contribution in [1.82, 2.24) is 20.9 Å². The number of nitrogens with zero attached hydrogens (tertiary/aromatic N) is 2. The van der Waals surface area contributed by atoms with Gasteiger partial charge < -0.3 is 20.0 Å². The topological polar surface area (TPSA) is 99.5 Å². The van der Waals surface area contributed by atoms with Gasteiger partial charge in [0, 0.05) is 32.2 Å². The Morgan fingerprint density at radius 1 is 1.26 bits per heavy atom. The monoisotopic (exact) mass is 315 g/mol. The van der Waals surface area contributed by atoms with Gasteiger partial charge in [0.25, 0.3) is 5.91 Å². The van der Waals surface area contributed by atoms with Crippen molar-refractivity contribution in [2.24, 2.45) is 0 Å². The number of amides is 3. The Bertz CT molecular complexity index is 796. The summed E-state index contributed by atoms with van der Waals surface area (Å²) in [4.78, 5) is 30.2. The first-order valence-corrected chi connectivity index (χ1v) is 7.56. The van der Waals surface area contributed by atoms with Crippen molar-refractivity contribution >= 4 is 28.9 Å². The number of carbonyl (C=O) groups excluding carboxylic acids is 2. The zero-order chi connectivity index (χ0) is 16.0. The molecule has 8 nitrogen and oxygen atoms in total. The van der Waals surface area contributed by atoms with E-state index in [-0.39, 0.29) is 0 Å². The van der Waals surface area contributed by atoms with Crippen molar-refractivity contribution in [3.63, 3.8) is 0 Å². The van der Waals surface area contributed by atoms with Crippen molar-refractivity contribution in [1.29, 1.82) is 0 Å². The van der Waals surface area contributed by atoms with Gasteiger partial charge >= 0.3 is 6.03 Å². The van der Waals surface area contributed by atoms with E-state index in [9.17, 15) is 9.59 Å². The van der Waals surface area contributed by atoms with Crippen LogP contribution in [-0.4, -0.2) is 43.1 Å². The second-order valence-corrected chi connectivity index (χ2v) is 5.93. The van der Waals surface area contributed by atoms with Crippen LogP contribution >= 0.6 is 0 Å². The summed E-state index contributed by atoms with van der Waals surface area (Å²) in [5, 5.41) is 8.13. The lowest BCUT2D eigenvalue weighted by Gasteiger charge is -2.28. The molecule has 2 saturated heterocycles. The molecule has 2 aromatic rings. The highest BCUT2D eigenvalue weighted by Gasteiger charge is 2.46. The summed E-state index contributed by atoms with van der Waals surface area (Å²) in [5.74, 6) is 0.834. The molecule has 1 unspecified atom stereocenters. The maximum absolute atomic E-state index is 12.0. The van der Waals surface area contributed by atoms with Gasteiger partial charge in [-0.05, 0) is 19.1 Å². The largest absolute Gasteiger partial charge is 0.456 e. The van der Waals surface area contributed by atoms with Gasteiger partial charge in [0.1, 0.15) is 17.1 Å². The van der Waals surface area contributed by atoms with Crippen LogP contribution in [0, 0.1) is 0 Å². The predicted molar refractivity (Wildman–Crippen MR) is 83.1 cm³/mol. The van der Waals surface area contributed by atoms with Crippen LogP contribution in [0.1, 0.15) is 12.7 Å². The van der Waals surface area contributed by atoms with Gasteiger partial charge in [-0.3, -0.25) is 10.1 Å². The molecule has 3 amide bonds. The minimum absolute atomic E-state index is 0.376. The number of anilines is 1. The van der Waals surface area contributed by atoms with Crippen LogP contribution in [0.2, 0.25) is 0 Å². The number of imide groups is 1. The molecule has 2 aliphatic heterocycles. The first-order valence-electron chi connectivity index (χ1n) is 7.56. The van der Waals surface area contributed by atoms with Gasteiger partial charge in [0.15, 0.2) is 11.1 Å². The van der Waals surface area contributed by atoms with E-state index in [4.69, 9.17) is 4.42 Å². The third kappa shape index (κ3) is 2.22. The molecular weight excluding hydrogens is 298 g/mol. The molecule has 0 saturated carbocycles. The fourth-order valence-electron chi connectivity index (χ4n) is 2.95. The van der Waals surface area contributed by atoms with Crippen LogP contribution in [0.15, 0.2) is 22.6 Å². The van der Waals surface area contributed by atoms with Crippen LogP contribution in [0.5, 0.6) is 0 Å². The number of piperazine rings is 1. The molecule has 120 valence electrons. The number of nitrogens with one attached hydrogen (secondary N) is 3. The minimum Gasteiger partial charge on any atom is -0.456 e. The lowest BCUT2D eigenvalue weighted by Crippen LogP contribution is -2.43. The molecule has 0 spiro atoms. The van der Waals surface area contributed by atoms with Crippen LogP contribution in [-0.2, 0) is 10.3 Å². The number of hydrogen-bond acceptors (Lipinski definition) is 6. The normalized spacial score (nSPS) is 24.8. The molecule has 0 aliphatic carbocycles. The van der Waals surface area contributed by atoms with Crippen LogP contribution in [0.25, 0.3) is 11.1 Å². The Hall–Kier alpha value is -2.61. The van der Waals surface area contributed by atoms with E-state index in [0.29, 0.717) is 16.9 Å². The fourth-order valence-corrected chi connectivity index (χ4v) is 2.95. The number of pyridine rings is 1. The van der Waals surface area contributed by atoms with Crippen molar-refractivity contribution in [3.8, 4) is 0 Å². The Morgan fingerprint density at radius 2 is 2.04 bits per heavy atom. The van der Waals surface area contributed by atoms with Crippen molar-refractivity contribution < 1.29 is 14.0 Å². The third-order valence-corrected chi connectivity index (χ3v) is 4.34. The summed E-state index contributed by atoms with van der Waals surface area (Å²) in [6.07, 6.45) is 0. The molecule has 2 aromatic heterocycles. The van der Waals surface area contributed by atoms with Gasteiger partial charge in [-0.2, -0.15) is 0 Å². The van der Waals surface area contributed by atoms with E-state index in [1.165, 1.54) is 0 Å². The highest BCUT2D eigenvalue weighted by Crippen LogP contribution is 2.30. The Kier molecular flexibility index (Phi) is 3.02. The maximum Gasteiger partial charge on any atom is 0.322 e.